The third kappa shape index (κ3) is 4.63. The summed E-state index contributed by atoms with van der Waals surface area (Å²) in [5.41, 5.74) is 3.11. The quantitative estimate of drug-likeness (QED) is 0.590. The molecule has 1 saturated heterocycles. The third-order valence-electron chi connectivity index (χ3n) is 5.64. The Hall–Kier alpha value is -2.91. The average Bonchev–Trinajstić information content (AvgIpc) is 2.81. The Kier molecular flexibility index (Phi) is 6.48. The van der Waals surface area contributed by atoms with Crippen molar-refractivity contribution in [3.05, 3.63) is 53.3 Å². The number of ether oxygens (including phenoxy) is 2. The number of hydrogen-bond donors (Lipinski definition) is 1. The molecule has 3 aromatic rings. The number of fused-ring (bicyclic) bond motifs is 1. The van der Waals surface area contributed by atoms with Crippen LogP contribution in [0.5, 0.6) is 0 Å². The molecule has 9 heteroatoms. The van der Waals surface area contributed by atoms with Crippen molar-refractivity contribution in [2.45, 2.75) is 25.8 Å². The molecule has 1 atom stereocenters. The predicted octanol–water partition coefficient (Wildman–Crippen LogP) is 4.08. The molecule has 0 aliphatic carbocycles. The van der Waals surface area contributed by atoms with Crippen LogP contribution in [-0.4, -0.2) is 55.2 Å². The Bertz CT molecular complexity index is 1090. The molecule has 1 aliphatic heterocycles. The normalized spacial score (nSPS) is 15.7. The first kappa shape index (κ1) is 22.3. The molecule has 3 heterocycles. The van der Waals surface area contributed by atoms with Crippen LogP contribution in [0.3, 0.4) is 0 Å². The molecule has 2 aromatic heterocycles. The van der Waals surface area contributed by atoms with Gasteiger partial charge >= 0.3 is 0 Å². The largest absolute Gasteiger partial charge is 0.378 e. The molecule has 1 aliphatic rings. The van der Waals surface area contributed by atoms with Crippen LogP contribution in [0.15, 0.2) is 36.5 Å². The number of morpholine rings is 1. The van der Waals surface area contributed by atoms with E-state index in [1.54, 1.807) is 6.07 Å². The number of aryl methyl sites for hydroxylation is 1. The van der Waals surface area contributed by atoms with Crippen molar-refractivity contribution in [3.8, 4) is 0 Å². The molecule has 0 unspecified atom stereocenters. The molecule has 4 rings (SSSR count). The van der Waals surface area contributed by atoms with Gasteiger partial charge in [0.05, 0.1) is 42.4 Å². The van der Waals surface area contributed by atoms with Gasteiger partial charge < -0.3 is 19.7 Å². The number of methoxy groups -OCH3 is 1. The maximum absolute atomic E-state index is 14.3. The Morgan fingerprint density at radius 1 is 1.22 bits per heavy atom. The topological polar surface area (TPSA) is 72.4 Å². The van der Waals surface area contributed by atoms with Gasteiger partial charge in [0.1, 0.15) is 6.61 Å². The fourth-order valence-electron chi connectivity index (χ4n) is 3.84. The lowest BCUT2D eigenvalue weighted by Crippen LogP contribution is -2.36. The highest BCUT2D eigenvalue weighted by Gasteiger charge is 2.32. The first-order chi connectivity index (χ1) is 15.4. The third-order valence-corrected chi connectivity index (χ3v) is 5.64. The number of aromatic nitrogens is 3. The van der Waals surface area contributed by atoms with Crippen molar-refractivity contribution in [1.29, 1.82) is 0 Å². The molecular formula is C23H27F2N5O2. The number of anilines is 2. The van der Waals surface area contributed by atoms with Gasteiger partial charge in [0.15, 0.2) is 5.82 Å². The molecule has 170 valence electrons. The summed E-state index contributed by atoms with van der Waals surface area (Å²) in [5, 5.41) is 12.8. The van der Waals surface area contributed by atoms with E-state index in [2.05, 4.69) is 30.1 Å². The Morgan fingerprint density at radius 2 is 2.00 bits per heavy atom. The lowest BCUT2D eigenvalue weighted by Gasteiger charge is -2.28. The number of rotatable bonds is 7. The number of nitrogens with zero attached hydrogens (tertiary/aromatic N) is 4. The maximum Gasteiger partial charge on any atom is 0.296 e. The van der Waals surface area contributed by atoms with Crippen LogP contribution < -0.4 is 10.2 Å². The van der Waals surface area contributed by atoms with Crippen molar-refractivity contribution >= 4 is 22.4 Å². The van der Waals surface area contributed by atoms with Gasteiger partial charge in [0.2, 0.25) is 0 Å². The Labute approximate surface area is 185 Å². The zero-order valence-electron chi connectivity index (χ0n) is 18.4. The lowest BCUT2D eigenvalue weighted by atomic mass is 10.0. The number of nitrogens with one attached hydrogen (secondary N) is 1. The molecule has 0 spiro atoms. The molecule has 7 nitrogen and oxygen atoms in total. The van der Waals surface area contributed by atoms with E-state index in [4.69, 9.17) is 4.74 Å². The molecule has 0 amide bonds. The average molecular weight is 443 g/mol. The summed E-state index contributed by atoms with van der Waals surface area (Å²) >= 11 is 0. The summed E-state index contributed by atoms with van der Waals surface area (Å²) in [6.07, 6.45) is 1.84. The van der Waals surface area contributed by atoms with Crippen molar-refractivity contribution in [1.82, 2.24) is 15.2 Å². The van der Waals surface area contributed by atoms with E-state index in [1.165, 1.54) is 19.2 Å². The molecule has 0 radical (unpaired) electrons. The van der Waals surface area contributed by atoms with E-state index in [0.717, 1.165) is 35.4 Å². The van der Waals surface area contributed by atoms with Crippen LogP contribution in [0, 0.1) is 6.92 Å². The van der Waals surface area contributed by atoms with Gasteiger partial charge in [-0.05, 0) is 31.5 Å². The van der Waals surface area contributed by atoms with Crippen LogP contribution in [0.25, 0.3) is 10.9 Å². The van der Waals surface area contributed by atoms with Gasteiger partial charge in [-0.2, -0.15) is 13.9 Å². The fourth-order valence-corrected chi connectivity index (χ4v) is 3.84. The number of alkyl halides is 2. The summed E-state index contributed by atoms with van der Waals surface area (Å²) in [4.78, 5) is 6.85. The second kappa shape index (κ2) is 9.30. The second-order valence-corrected chi connectivity index (χ2v) is 7.95. The summed E-state index contributed by atoms with van der Waals surface area (Å²) in [6.45, 7) is 6.06. The number of benzene rings is 1. The molecule has 32 heavy (non-hydrogen) atoms. The van der Waals surface area contributed by atoms with Gasteiger partial charge in [-0.15, -0.1) is 5.10 Å². The van der Waals surface area contributed by atoms with E-state index >= 15 is 0 Å². The fraction of sp³-hybridized carbons (Fsp3) is 0.435. The Balaban J connectivity index is 1.64. The van der Waals surface area contributed by atoms with Crippen molar-refractivity contribution in [3.63, 3.8) is 0 Å². The SMILES string of the molecule is COCC(F)(F)c1cccc([C@@H](C)Nc2nnc(C)c3ncc(N4CCOCC4)cc23)c1. The van der Waals surface area contributed by atoms with E-state index in [1.807, 2.05) is 32.2 Å². The molecule has 0 bridgehead atoms. The van der Waals surface area contributed by atoms with E-state index in [9.17, 15) is 8.78 Å². The minimum absolute atomic E-state index is 0.0818. The number of halogens is 2. The summed E-state index contributed by atoms with van der Waals surface area (Å²) in [6, 6.07) is 8.12. The maximum atomic E-state index is 14.3. The van der Waals surface area contributed by atoms with E-state index in [-0.39, 0.29) is 11.6 Å². The minimum Gasteiger partial charge on any atom is -0.378 e. The van der Waals surface area contributed by atoms with Crippen molar-refractivity contribution in [2.75, 3.05) is 50.2 Å². The van der Waals surface area contributed by atoms with E-state index in [0.29, 0.717) is 24.6 Å². The predicted molar refractivity (Wildman–Crippen MR) is 119 cm³/mol. The zero-order valence-corrected chi connectivity index (χ0v) is 18.4. The van der Waals surface area contributed by atoms with Gasteiger partial charge in [-0.1, -0.05) is 18.2 Å². The van der Waals surface area contributed by atoms with Crippen LogP contribution in [0.2, 0.25) is 0 Å². The van der Waals surface area contributed by atoms with Crippen LogP contribution in [0.1, 0.15) is 29.8 Å². The molecule has 1 fully saturated rings. The van der Waals surface area contributed by atoms with Gasteiger partial charge in [0, 0.05) is 31.1 Å². The highest BCUT2D eigenvalue weighted by molar-refractivity contribution is 5.92. The molecule has 1 aromatic carbocycles. The summed E-state index contributed by atoms with van der Waals surface area (Å²) in [5.74, 6) is -2.49. The highest BCUT2D eigenvalue weighted by atomic mass is 19.3. The molecule has 0 saturated carbocycles. The van der Waals surface area contributed by atoms with Crippen LogP contribution >= 0.6 is 0 Å². The summed E-state index contributed by atoms with van der Waals surface area (Å²) < 4.78 is 38.7. The molecular weight excluding hydrogens is 416 g/mol. The van der Waals surface area contributed by atoms with Crippen molar-refractivity contribution < 1.29 is 18.3 Å². The second-order valence-electron chi connectivity index (χ2n) is 7.95. The van der Waals surface area contributed by atoms with Crippen LogP contribution in [-0.2, 0) is 15.4 Å². The minimum atomic E-state index is -3.06. The summed E-state index contributed by atoms with van der Waals surface area (Å²) in [7, 11) is 1.27. The first-order valence-corrected chi connectivity index (χ1v) is 10.6. The van der Waals surface area contributed by atoms with E-state index < -0.39 is 12.5 Å². The van der Waals surface area contributed by atoms with Gasteiger partial charge in [-0.25, -0.2) is 0 Å². The standard InChI is InChI=1S/C23H27F2N5O2/c1-15(17-5-4-6-18(11-17)23(24,25)14-31-3)27-22-20-12-19(30-7-9-32-10-8-30)13-26-21(20)16(2)28-29-22/h4-6,11-13,15H,7-10,14H2,1-3H3,(H,27,29)/t15-/m1/s1. The van der Waals surface area contributed by atoms with Gasteiger partial charge in [0.25, 0.3) is 5.92 Å². The van der Waals surface area contributed by atoms with Crippen LogP contribution in [0.4, 0.5) is 20.3 Å². The lowest BCUT2D eigenvalue weighted by molar-refractivity contribution is -0.0698. The monoisotopic (exact) mass is 443 g/mol. The zero-order chi connectivity index (χ0) is 22.7. The molecule has 1 N–H and O–H groups in total. The number of hydrogen-bond acceptors (Lipinski definition) is 7. The Morgan fingerprint density at radius 3 is 2.75 bits per heavy atom. The first-order valence-electron chi connectivity index (χ1n) is 10.6. The van der Waals surface area contributed by atoms with Crippen molar-refractivity contribution in [2.24, 2.45) is 0 Å². The number of pyridine rings is 1. The van der Waals surface area contributed by atoms with Gasteiger partial charge in [-0.3, -0.25) is 4.98 Å². The highest BCUT2D eigenvalue weighted by Crippen LogP contribution is 2.32. The smallest absolute Gasteiger partial charge is 0.296 e.